The fraction of sp³-hybridized carbons (Fsp3) is 0.500. The summed E-state index contributed by atoms with van der Waals surface area (Å²) in [5, 5.41) is 10.3. The van der Waals surface area contributed by atoms with Gasteiger partial charge >= 0.3 is 0 Å². The van der Waals surface area contributed by atoms with Gasteiger partial charge in [-0.2, -0.15) is 5.10 Å². The van der Waals surface area contributed by atoms with Gasteiger partial charge < -0.3 is 11.1 Å². The van der Waals surface area contributed by atoms with Crippen molar-refractivity contribution in [3.8, 4) is 0 Å². The molecule has 1 amide bonds. The van der Waals surface area contributed by atoms with Crippen molar-refractivity contribution in [2.75, 3.05) is 6.54 Å². The van der Waals surface area contributed by atoms with Gasteiger partial charge in [-0.15, -0.1) is 5.10 Å². The number of nitrogens with zero attached hydrogens (tertiary/aromatic N) is 2. The first kappa shape index (κ1) is 11.6. The average Bonchev–Trinajstić information content (AvgIpc) is 2.14. The molecule has 0 saturated heterocycles. The molecule has 0 saturated carbocycles. The Balaban J connectivity index is 2.58. The standard InChI is InChI=1S/C10H16N4O/c1-7-4-5-8(14-13-7)9(15)12-6-10(2,3)11/h4-5H,6,11H2,1-3H3,(H,12,15). The molecule has 1 aromatic heterocycles. The molecule has 82 valence electrons. The third-order valence-electron chi connectivity index (χ3n) is 1.74. The van der Waals surface area contributed by atoms with Crippen LogP contribution in [0.5, 0.6) is 0 Å². The number of carbonyl (C=O) groups excluding carboxylic acids is 1. The highest BCUT2D eigenvalue weighted by atomic mass is 16.1. The van der Waals surface area contributed by atoms with Gasteiger partial charge in [0.25, 0.3) is 5.91 Å². The van der Waals surface area contributed by atoms with E-state index in [0.717, 1.165) is 5.69 Å². The van der Waals surface area contributed by atoms with E-state index in [9.17, 15) is 4.79 Å². The van der Waals surface area contributed by atoms with E-state index >= 15 is 0 Å². The van der Waals surface area contributed by atoms with Gasteiger partial charge in [-0.05, 0) is 32.9 Å². The van der Waals surface area contributed by atoms with Gasteiger partial charge in [0.15, 0.2) is 5.69 Å². The van der Waals surface area contributed by atoms with Gasteiger partial charge in [0.1, 0.15) is 0 Å². The molecule has 0 bridgehead atoms. The number of hydrogen-bond acceptors (Lipinski definition) is 4. The van der Waals surface area contributed by atoms with Crippen LogP contribution < -0.4 is 11.1 Å². The Labute approximate surface area is 89.1 Å². The zero-order valence-corrected chi connectivity index (χ0v) is 9.24. The number of hydrogen-bond donors (Lipinski definition) is 2. The Morgan fingerprint density at radius 2 is 2.13 bits per heavy atom. The number of nitrogens with two attached hydrogens (primary N) is 1. The summed E-state index contributed by atoms with van der Waals surface area (Å²) in [6.45, 7) is 5.90. The van der Waals surface area contributed by atoms with E-state index < -0.39 is 5.54 Å². The highest BCUT2D eigenvalue weighted by molar-refractivity contribution is 5.92. The third-order valence-corrected chi connectivity index (χ3v) is 1.74. The predicted octanol–water partition coefficient (Wildman–Crippen LogP) is 0.252. The van der Waals surface area contributed by atoms with Gasteiger partial charge in [-0.25, -0.2) is 0 Å². The van der Waals surface area contributed by atoms with Crippen LogP contribution in [0.4, 0.5) is 0 Å². The van der Waals surface area contributed by atoms with Crippen LogP contribution in [0.25, 0.3) is 0 Å². The second-order valence-corrected chi connectivity index (χ2v) is 4.23. The minimum atomic E-state index is -0.423. The minimum absolute atomic E-state index is 0.249. The summed E-state index contributed by atoms with van der Waals surface area (Å²) in [6, 6.07) is 3.39. The lowest BCUT2D eigenvalue weighted by Crippen LogP contribution is -2.45. The lowest BCUT2D eigenvalue weighted by Gasteiger charge is -2.18. The van der Waals surface area contributed by atoms with E-state index in [1.165, 1.54) is 0 Å². The van der Waals surface area contributed by atoms with Crippen LogP contribution in [-0.2, 0) is 0 Å². The molecule has 0 aliphatic heterocycles. The number of aryl methyl sites for hydroxylation is 1. The summed E-state index contributed by atoms with van der Waals surface area (Å²) in [4.78, 5) is 11.5. The second-order valence-electron chi connectivity index (χ2n) is 4.23. The van der Waals surface area contributed by atoms with Crippen molar-refractivity contribution in [2.24, 2.45) is 5.73 Å². The summed E-state index contributed by atoms with van der Waals surface area (Å²) in [5.74, 6) is -0.249. The number of nitrogens with one attached hydrogen (secondary N) is 1. The normalized spacial score (nSPS) is 11.2. The highest BCUT2D eigenvalue weighted by Crippen LogP contribution is 1.97. The van der Waals surface area contributed by atoms with Crippen molar-refractivity contribution >= 4 is 5.91 Å². The zero-order chi connectivity index (χ0) is 11.5. The Kier molecular flexibility index (Phi) is 3.36. The Morgan fingerprint density at radius 3 is 2.60 bits per heavy atom. The first-order valence-corrected chi connectivity index (χ1v) is 4.76. The molecule has 0 atom stereocenters. The predicted molar refractivity (Wildman–Crippen MR) is 57.4 cm³/mol. The van der Waals surface area contributed by atoms with E-state index in [2.05, 4.69) is 15.5 Å². The molecule has 3 N–H and O–H groups in total. The Morgan fingerprint density at radius 1 is 1.47 bits per heavy atom. The average molecular weight is 208 g/mol. The summed E-state index contributed by atoms with van der Waals surface area (Å²) in [7, 11) is 0. The number of amides is 1. The fourth-order valence-electron chi connectivity index (χ4n) is 0.919. The van der Waals surface area contributed by atoms with Crippen LogP contribution in [-0.4, -0.2) is 28.2 Å². The first-order valence-electron chi connectivity index (χ1n) is 4.76. The molecule has 5 nitrogen and oxygen atoms in total. The van der Waals surface area contributed by atoms with Crippen LogP contribution in [0.3, 0.4) is 0 Å². The summed E-state index contributed by atoms with van der Waals surface area (Å²) < 4.78 is 0. The third kappa shape index (κ3) is 4.03. The van der Waals surface area contributed by atoms with Gasteiger partial charge in [0.05, 0.1) is 5.69 Å². The van der Waals surface area contributed by atoms with E-state index in [0.29, 0.717) is 12.2 Å². The maximum Gasteiger partial charge on any atom is 0.271 e. The second kappa shape index (κ2) is 4.35. The molecule has 0 aliphatic rings. The molecule has 0 spiro atoms. The molecule has 0 unspecified atom stereocenters. The monoisotopic (exact) mass is 208 g/mol. The molecule has 1 aromatic rings. The van der Waals surface area contributed by atoms with Crippen LogP contribution in [0.15, 0.2) is 12.1 Å². The molecule has 1 rings (SSSR count). The van der Waals surface area contributed by atoms with Crippen molar-refractivity contribution in [3.63, 3.8) is 0 Å². The van der Waals surface area contributed by atoms with Gasteiger partial charge in [-0.1, -0.05) is 0 Å². The van der Waals surface area contributed by atoms with E-state index in [-0.39, 0.29) is 5.91 Å². The molecule has 0 aliphatic carbocycles. The Hall–Kier alpha value is -1.49. The maximum atomic E-state index is 11.5. The van der Waals surface area contributed by atoms with Crippen molar-refractivity contribution in [1.82, 2.24) is 15.5 Å². The molecule has 5 heteroatoms. The van der Waals surface area contributed by atoms with Crippen LogP contribution in [0.1, 0.15) is 30.0 Å². The van der Waals surface area contributed by atoms with E-state index in [4.69, 9.17) is 5.73 Å². The minimum Gasteiger partial charge on any atom is -0.349 e. The number of aromatic nitrogens is 2. The van der Waals surface area contributed by atoms with Crippen molar-refractivity contribution in [1.29, 1.82) is 0 Å². The van der Waals surface area contributed by atoms with Crippen LogP contribution in [0, 0.1) is 6.92 Å². The Bertz CT molecular complexity index is 339. The topological polar surface area (TPSA) is 80.9 Å². The molecule has 0 aromatic carbocycles. The van der Waals surface area contributed by atoms with Crippen molar-refractivity contribution in [2.45, 2.75) is 26.3 Å². The number of carbonyl (C=O) groups is 1. The largest absolute Gasteiger partial charge is 0.349 e. The van der Waals surface area contributed by atoms with Gasteiger partial charge in [-0.3, -0.25) is 4.79 Å². The molecular formula is C10H16N4O. The highest BCUT2D eigenvalue weighted by Gasteiger charge is 2.14. The quantitative estimate of drug-likeness (QED) is 0.746. The molecule has 0 fully saturated rings. The first-order chi connectivity index (χ1) is 6.88. The summed E-state index contributed by atoms with van der Waals surface area (Å²) in [6.07, 6.45) is 0. The zero-order valence-electron chi connectivity index (χ0n) is 9.24. The lowest BCUT2D eigenvalue weighted by atomic mass is 10.1. The smallest absolute Gasteiger partial charge is 0.271 e. The van der Waals surface area contributed by atoms with Crippen molar-refractivity contribution in [3.05, 3.63) is 23.5 Å². The SMILES string of the molecule is Cc1ccc(C(=O)NCC(C)(C)N)nn1. The fourth-order valence-corrected chi connectivity index (χ4v) is 0.919. The van der Waals surface area contributed by atoms with Crippen LogP contribution in [0.2, 0.25) is 0 Å². The van der Waals surface area contributed by atoms with E-state index in [1.54, 1.807) is 12.1 Å². The molecule has 15 heavy (non-hydrogen) atoms. The van der Waals surface area contributed by atoms with Gasteiger partial charge in [0.2, 0.25) is 0 Å². The van der Waals surface area contributed by atoms with E-state index in [1.807, 2.05) is 20.8 Å². The maximum absolute atomic E-state index is 11.5. The molecule has 1 heterocycles. The summed E-state index contributed by atoms with van der Waals surface area (Å²) in [5.41, 5.74) is 6.41. The molecule has 0 radical (unpaired) electrons. The number of rotatable bonds is 3. The van der Waals surface area contributed by atoms with Crippen molar-refractivity contribution < 1.29 is 4.79 Å². The van der Waals surface area contributed by atoms with Crippen LogP contribution >= 0.6 is 0 Å². The summed E-state index contributed by atoms with van der Waals surface area (Å²) >= 11 is 0. The molecular weight excluding hydrogens is 192 g/mol. The van der Waals surface area contributed by atoms with Gasteiger partial charge in [0, 0.05) is 12.1 Å². The lowest BCUT2D eigenvalue weighted by molar-refractivity contribution is 0.0940.